The zero-order chi connectivity index (χ0) is 9.23. The van der Waals surface area contributed by atoms with Crippen molar-refractivity contribution in [2.24, 2.45) is 0 Å². The Morgan fingerprint density at radius 3 is 2.42 bits per heavy atom. The molecule has 0 N–H and O–H groups in total. The highest BCUT2D eigenvalue weighted by Gasteiger charge is 1.92. The monoisotopic (exact) mass is 174 g/mol. The van der Waals surface area contributed by atoms with Crippen LogP contribution in [0, 0.1) is 0 Å². The van der Waals surface area contributed by atoms with E-state index in [9.17, 15) is 4.79 Å². The molecule has 72 valence electrons. The molecule has 0 atom stereocenters. The van der Waals surface area contributed by atoms with Gasteiger partial charge in [-0.2, -0.15) is 0 Å². The van der Waals surface area contributed by atoms with E-state index in [2.05, 4.69) is 6.92 Å². The molecule has 0 bridgehead atoms. The van der Waals surface area contributed by atoms with E-state index in [1.165, 1.54) is 6.92 Å². The largest absolute Gasteiger partial charge is 0.466 e. The summed E-state index contributed by atoms with van der Waals surface area (Å²) < 4.78 is 10.0. The summed E-state index contributed by atoms with van der Waals surface area (Å²) in [6.07, 6.45) is 2.92. The van der Waals surface area contributed by atoms with Gasteiger partial charge < -0.3 is 9.47 Å². The van der Waals surface area contributed by atoms with Crippen LogP contribution < -0.4 is 0 Å². The lowest BCUT2D eigenvalue weighted by Gasteiger charge is -2.02. The molecule has 0 saturated heterocycles. The van der Waals surface area contributed by atoms with Gasteiger partial charge in [0.2, 0.25) is 0 Å². The number of unbranched alkanes of at least 4 members (excludes halogenated alkanes) is 1. The molecule has 0 unspecified atom stereocenters. The Morgan fingerprint density at radius 2 is 1.83 bits per heavy atom. The molecule has 0 aromatic rings. The van der Waals surface area contributed by atoms with Gasteiger partial charge in [0.15, 0.2) is 0 Å². The number of esters is 1. The average molecular weight is 174 g/mol. The molecule has 0 aromatic heterocycles. The Labute approximate surface area is 74.0 Å². The second-order valence-electron chi connectivity index (χ2n) is 2.66. The standard InChI is InChI=1S/C9H18O3/c1-3-6-11-7-4-5-8-12-9(2)10/h3-8H2,1-2H3. The number of carbonyl (C=O) groups is 1. The molecule has 3 nitrogen and oxygen atoms in total. The maximum Gasteiger partial charge on any atom is 0.302 e. The third-order valence-corrected chi connectivity index (χ3v) is 1.34. The minimum atomic E-state index is -0.204. The van der Waals surface area contributed by atoms with Crippen LogP contribution in [0.1, 0.15) is 33.1 Å². The van der Waals surface area contributed by atoms with Crippen LogP contribution in [-0.4, -0.2) is 25.8 Å². The van der Waals surface area contributed by atoms with Crippen LogP contribution in [0.15, 0.2) is 0 Å². The molecular formula is C9H18O3. The highest BCUT2D eigenvalue weighted by Crippen LogP contribution is 1.92. The molecule has 0 aliphatic rings. The molecule has 0 saturated carbocycles. The van der Waals surface area contributed by atoms with E-state index < -0.39 is 0 Å². The van der Waals surface area contributed by atoms with Crippen molar-refractivity contribution in [1.29, 1.82) is 0 Å². The van der Waals surface area contributed by atoms with Gasteiger partial charge in [0, 0.05) is 20.1 Å². The van der Waals surface area contributed by atoms with Crippen LogP contribution in [-0.2, 0) is 14.3 Å². The summed E-state index contributed by atoms with van der Waals surface area (Å²) in [7, 11) is 0. The lowest BCUT2D eigenvalue weighted by molar-refractivity contribution is -0.141. The van der Waals surface area contributed by atoms with Gasteiger partial charge in [-0.25, -0.2) is 0 Å². The van der Waals surface area contributed by atoms with Crippen molar-refractivity contribution in [2.75, 3.05) is 19.8 Å². The maximum atomic E-state index is 10.3. The molecular weight excluding hydrogens is 156 g/mol. The number of hydrogen-bond donors (Lipinski definition) is 0. The van der Waals surface area contributed by atoms with E-state index in [4.69, 9.17) is 9.47 Å². The van der Waals surface area contributed by atoms with Crippen LogP contribution in [0.3, 0.4) is 0 Å². The van der Waals surface area contributed by atoms with E-state index in [-0.39, 0.29) is 5.97 Å². The topological polar surface area (TPSA) is 35.5 Å². The van der Waals surface area contributed by atoms with Gasteiger partial charge >= 0.3 is 5.97 Å². The first-order valence-electron chi connectivity index (χ1n) is 4.48. The summed E-state index contributed by atoms with van der Waals surface area (Å²) in [6.45, 7) is 5.62. The quantitative estimate of drug-likeness (QED) is 0.436. The van der Waals surface area contributed by atoms with Gasteiger partial charge in [0.05, 0.1) is 6.61 Å². The van der Waals surface area contributed by atoms with Gasteiger partial charge in [-0.1, -0.05) is 6.92 Å². The van der Waals surface area contributed by atoms with Gasteiger partial charge in [-0.15, -0.1) is 0 Å². The Kier molecular flexibility index (Phi) is 8.12. The molecule has 0 spiro atoms. The van der Waals surface area contributed by atoms with Gasteiger partial charge in [-0.05, 0) is 19.3 Å². The SMILES string of the molecule is CCCOCCCCOC(C)=O. The fourth-order valence-corrected chi connectivity index (χ4v) is 0.768. The summed E-state index contributed by atoms with van der Waals surface area (Å²) in [5.41, 5.74) is 0. The molecule has 0 aromatic carbocycles. The van der Waals surface area contributed by atoms with Crippen molar-refractivity contribution in [2.45, 2.75) is 33.1 Å². The molecule has 0 fully saturated rings. The van der Waals surface area contributed by atoms with E-state index in [0.717, 1.165) is 32.5 Å². The first-order valence-corrected chi connectivity index (χ1v) is 4.48. The van der Waals surface area contributed by atoms with Gasteiger partial charge in [0.25, 0.3) is 0 Å². The van der Waals surface area contributed by atoms with Crippen molar-refractivity contribution in [3.8, 4) is 0 Å². The van der Waals surface area contributed by atoms with Crippen molar-refractivity contribution < 1.29 is 14.3 Å². The molecule has 0 radical (unpaired) electrons. The molecule has 0 aliphatic heterocycles. The second-order valence-corrected chi connectivity index (χ2v) is 2.66. The summed E-state index contributed by atoms with van der Waals surface area (Å²) in [5, 5.41) is 0. The Bertz CT molecular complexity index is 112. The smallest absolute Gasteiger partial charge is 0.302 e. The lowest BCUT2D eigenvalue weighted by Crippen LogP contribution is -2.02. The first kappa shape index (κ1) is 11.4. The molecule has 0 amide bonds. The van der Waals surface area contributed by atoms with Crippen molar-refractivity contribution in [3.05, 3.63) is 0 Å². The fourth-order valence-electron chi connectivity index (χ4n) is 0.768. The van der Waals surface area contributed by atoms with Gasteiger partial charge in [-0.3, -0.25) is 4.79 Å². The lowest BCUT2D eigenvalue weighted by atomic mass is 10.3. The fraction of sp³-hybridized carbons (Fsp3) is 0.889. The Hall–Kier alpha value is -0.570. The summed E-state index contributed by atoms with van der Waals surface area (Å²) in [4.78, 5) is 10.3. The van der Waals surface area contributed by atoms with Crippen LogP contribution in [0.25, 0.3) is 0 Å². The molecule has 12 heavy (non-hydrogen) atoms. The first-order chi connectivity index (χ1) is 5.77. The number of ether oxygens (including phenoxy) is 2. The van der Waals surface area contributed by atoms with Crippen molar-refractivity contribution >= 4 is 5.97 Å². The average Bonchev–Trinajstić information content (AvgIpc) is 2.02. The van der Waals surface area contributed by atoms with Crippen LogP contribution in [0.5, 0.6) is 0 Å². The molecule has 0 heterocycles. The third-order valence-electron chi connectivity index (χ3n) is 1.34. The van der Waals surface area contributed by atoms with Crippen molar-refractivity contribution in [3.63, 3.8) is 0 Å². The van der Waals surface area contributed by atoms with E-state index in [0.29, 0.717) is 6.61 Å². The predicted octanol–water partition coefficient (Wildman–Crippen LogP) is 1.76. The molecule has 3 heteroatoms. The maximum absolute atomic E-state index is 10.3. The second kappa shape index (κ2) is 8.53. The third kappa shape index (κ3) is 9.43. The van der Waals surface area contributed by atoms with Crippen LogP contribution in [0.2, 0.25) is 0 Å². The minimum Gasteiger partial charge on any atom is -0.466 e. The summed E-state index contributed by atoms with van der Waals surface area (Å²) in [5.74, 6) is -0.204. The molecule has 0 aliphatic carbocycles. The zero-order valence-corrected chi connectivity index (χ0v) is 7.97. The van der Waals surface area contributed by atoms with Crippen LogP contribution >= 0.6 is 0 Å². The Balaban J connectivity index is 2.86. The van der Waals surface area contributed by atoms with Crippen molar-refractivity contribution in [1.82, 2.24) is 0 Å². The van der Waals surface area contributed by atoms with E-state index in [1.54, 1.807) is 0 Å². The number of carbonyl (C=O) groups excluding carboxylic acids is 1. The van der Waals surface area contributed by atoms with E-state index in [1.807, 2.05) is 0 Å². The highest BCUT2D eigenvalue weighted by molar-refractivity contribution is 5.65. The van der Waals surface area contributed by atoms with Crippen LogP contribution in [0.4, 0.5) is 0 Å². The Morgan fingerprint density at radius 1 is 1.17 bits per heavy atom. The predicted molar refractivity (Wildman–Crippen MR) is 47.0 cm³/mol. The molecule has 0 rings (SSSR count). The summed E-state index contributed by atoms with van der Waals surface area (Å²) >= 11 is 0. The number of hydrogen-bond acceptors (Lipinski definition) is 3. The normalized spacial score (nSPS) is 9.83. The highest BCUT2D eigenvalue weighted by atomic mass is 16.5. The van der Waals surface area contributed by atoms with E-state index >= 15 is 0 Å². The zero-order valence-electron chi connectivity index (χ0n) is 7.97. The summed E-state index contributed by atoms with van der Waals surface area (Å²) in [6, 6.07) is 0. The van der Waals surface area contributed by atoms with Gasteiger partial charge in [0.1, 0.15) is 0 Å². The minimum absolute atomic E-state index is 0.204. The number of rotatable bonds is 7.